The molecule has 2 fully saturated rings. The number of hydrogen-bond donors (Lipinski definition) is 2. The maximum absolute atomic E-state index is 12.7. The SMILES string of the molecule is CCOC1CC(N)(C(=O)NC2CCCCCC2C)C1(C)C. The highest BCUT2D eigenvalue weighted by atomic mass is 16.5. The Morgan fingerprint density at radius 2 is 1.95 bits per heavy atom. The highest BCUT2D eigenvalue weighted by Gasteiger charge is 2.63. The van der Waals surface area contributed by atoms with Gasteiger partial charge in [-0.15, -0.1) is 0 Å². The molecule has 0 aliphatic heterocycles. The number of hydrogen-bond acceptors (Lipinski definition) is 3. The van der Waals surface area contributed by atoms with Crippen LogP contribution in [-0.2, 0) is 9.53 Å². The molecule has 2 aliphatic rings. The largest absolute Gasteiger partial charge is 0.378 e. The van der Waals surface area contributed by atoms with E-state index in [0.717, 1.165) is 6.42 Å². The van der Waals surface area contributed by atoms with Gasteiger partial charge in [0.2, 0.25) is 5.91 Å². The van der Waals surface area contributed by atoms with Gasteiger partial charge in [0.05, 0.1) is 6.10 Å². The molecule has 0 heterocycles. The Labute approximate surface area is 129 Å². The topological polar surface area (TPSA) is 64.3 Å². The van der Waals surface area contributed by atoms with E-state index in [4.69, 9.17) is 10.5 Å². The molecular weight excluding hydrogens is 264 g/mol. The van der Waals surface area contributed by atoms with Crippen molar-refractivity contribution < 1.29 is 9.53 Å². The smallest absolute Gasteiger partial charge is 0.241 e. The summed E-state index contributed by atoms with van der Waals surface area (Å²) < 4.78 is 5.71. The molecule has 0 aromatic rings. The van der Waals surface area contributed by atoms with E-state index in [9.17, 15) is 4.79 Å². The zero-order valence-electron chi connectivity index (χ0n) is 14.1. The van der Waals surface area contributed by atoms with Crippen molar-refractivity contribution >= 4 is 5.91 Å². The van der Waals surface area contributed by atoms with Crippen LogP contribution in [0.25, 0.3) is 0 Å². The molecule has 1 amide bonds. The van der Waals surface area contributed by atoms with Crippen molar-refractivity contribution in [3.63, 3.8) is 0 Å². The van der Waals surface area contributed by atoms with Crippen LogP contribution in [0.15, 0.2) is 0 Å². The molecule has 4 unspecified atom stereocenters. The molecule has 0 spiro atoms. The van der Waals surface area contributed by atoms with Gasteiger partial charge in [0, 0.05) is 24.5 Å². The van der Waals surface area contributed by atoms with E-state index in [1.807, 2.05) is 20.8 Å². The van der Waals surface area contributed by atoms with Crippen LogP contribution in [0.3, 0.4) is 0 Å². The van der Waals surface area contributed by atoms with Crippen LogP contribution in [0.5, 0.6) is 0 Å². The minimum absolute atomic E-state index is 0.0159. The minimum Gasteiger partial charge on any atom is -0.378 e. The number of rotatable bonds is 4. The fourth-order valence-corrected chi connectivity index (χ4v) is 3.83. The van der Waals surface area contributed by atoms with Gasteiger partial charge < -0.3 is 15.8 Å². The number of nitrogens with one attached hydrogen (secondary N) is 1. The van der Waals surface area contributed by atoms with Gasteiger partial charge in [0.1, 0.15) is 5.54 Å². The van der Waals surface area contributed by atoms with E-state index in [2.05, 4.69) is 12.2 Å². The van der Waals surface area contributed by atoms with Crippen LogP contribution in [0.4, 0.5) is 0 Å². The highest BCUT2D eigenvalue weighted by Crippen LogP contribution is 2.50. The summed E-state index contributed by atoms with van der Waals surface area (Å²) in [6, 6.07) is 0.280. The van der Waals surface area contributed by atoms with Crippen LogP contribution in [0.1, 0.15) is 66.2 Å². The molecule has 21 heavy (non-hydrogen) atoms. The predicted molar refractivity (Wildman–Crippen MR) is 84.9 cm³/mol. The lowest BCUT2D eigenvalue weighted by atomic mass is 9.54. The summed E-state index contributed by atoms with van der Waals surface area (Å²) >= 11 is 0. The molecule has 0 aromatic heterocycles. The van der Waals surface area contributed by atoms with E-state index in [1.165, 1.54) is 25.7 Å². The maximum Gasteiger partial charge on any atom is 0.241 e. The molecule has 0 radical (unpaired) electrons. The standard InChI is InChI=1S/C17H32N2O2/c1-5-21-14-11-17(18,16(14,3)4)15(20)19-13-10-8-6-7-9-12(13)2/h12-14H,5-11,18H2,1-4H3,(H,19,20). The Morgan fingerprint density at radius 3 is 2.57 bits per heavy atom. The van der Waals surface area contributed by atoms with Crippen LogP contribution < -0.4 is 11.1 Å². The fourth-order valence-electron chi connectivity index (χ4n) is 3.83. The van der Waals surface area contributed by atoms with Crippen molar-refractivity contribution in [3.8, 4) is 0 Å². The zero-order valence-corrected chi connectivity index (χ0v) is 14.1. The second kappa shape index (κ2) is 6.25. The van der Waals surface area contributed by atoms with Crippen molar-refractivity contribution in [3.05, 3.63) is 0 Å². The quantitative estimate of drug-likeness (QED) is 0.784. The van der Waals surface area contributed by atoms with Crippen molar-refractivity contribution in [1.29, 1.82) is 0 Å². The molecule has 4 nitrogen and oxygen atoms in total. The lowest BCUT2D eigenvalue weighted by molar-refractivity contribution is -0.171. The number of ether oxygens (including phenoxy) is 1. The third-order valence-corrected chi connectivity index (χ3v) is 5.91. The summed E-state index contributed by atoms with van der Waals surface area (Å²) in [6.45, 7) is 9.00. The third kappa shape index (κ3) is 2.98. The van der Waals surface area contributed by atoms with Crippen molar-refractivity contribution in [2.45, 2.75) is 83.9 Å². The van der Waals surface area contributed by atoms with Crippen LogP contribution in [0.2, 0.25) is 0 Å². The second-order valence-electron chi connectivity index (χ2n) is 7.54. The predicted octanol–water partition coefficient (Wildman–Crippen LogP) is 2.60. The normalized spacial score (nSPS) is 39.2. The average molecular weight is 296 g/mol. The van der Waals surface area contributed by atoms with Crippen molar-refractivity contribution in [1.82, 2.24) is 5.32 Å². The molecule has 0 bridgehead atoms. The Balaban J connectivity index is 1.99. The van der Waals surface area contributed by atoms with Gasteiger partial charge in [0.25, 0.3) is 0 Å². The van der Waals surface area contributed by atoms with E-state index in [1.54, 1.807) is 0 Å². The van der Waals surface area contributed by atoms with Gasteiger partial charge in [-0.25, -0.2) is 0 Å². The summed E-state index contributed by atoms with van der Waals surface area (Å²) in [4.78, 5) is 12.7. The molecule has 0 aromatic carbocycles. The van der Waals surface area contributed by atoms with Gasteiger partial charge in [-0.1, -0.05) is 40.0 Å². The zero-order chi connectivity index (χ0) is 15.7. The molecule has 2 rings (SSSR count). The molecule has 3 N–H and O–H groups in total. The molecule has 2 saturated carbocycles. The maximum atomic E-state index is 12.7. The van der Waals surface area contributed by atoms with Gasteiger partial charge in [-0.2, -0.15) is 0 Å². The average Bonchev–Trinajstić information content (AvgIpc) is 2.63. The lowest BCUT2D eigenvalue weighted by Crippen LogP contribution is -2.76. The number of nitrogens with two attached hydrogens (primary N) is 1. The van der Waals surface area contributed by atoms with E-state index < -0.39 is 5.54 Å². The van der Waals surface area contributed by atoms with Gasteiger partial charge >= 0.3 is 0 Å². The highest BCUT2D eigenvalue weighted by molar-refractivity contribution is 5.89. The Kier molecular flexibility index (Phi) is 4.99. The number of carbonyl (C=O) groups excluding carboxylic acids is 1. The van der Waals surface area contributed by atoms with E-state index in [-0.39, 0.29) is 23.5 Å². The first-order chi connectivity index (χ1) is 9.83. The van der Waals surface area contributed by atoms with Crippen molar-refractivity contribution in [2.75, 3.05) is 6.61 Å². The van der Waals surface area contributed by atoms with Gasteiger partial charge in [-0.05, 0) is 25.7 Å². The van der Waals surface area contributed by atoms with Crippen LogP contribution in [0, 0.1) is 11.3 Å². The van der Waals surface area contributed by atoms with Crippen LogP contribution >= 0.6 is 0 Å². The van der Waals surface area contributed by atoms with Crippen LogP contribution in [-0.4, -0.2) is 30.2 Å². The number of carbonyl (C=O) groups is 1. The lowest BCUT2D eigenvalue weighted by Gasteiger charge is -2.57. The summed E-state index contributed by atoms with van der Waals surface area (Å²) in [5, 5.41) is 3.25. The molecule has 4 atom stereocenters. The third-order valence-electron chi connectivity index (χ3n) is 5.91. The summed E-state index contributed by atoms with van der Waals surface area (Å²) in [5.41, 5.74) is 5.36. The first kappa shape index (κ1) is 16.8. The molecule has 122 valence electrons. The second-order valence-corrected chi connectivity index (χ2v) is 7.54. The molecule has 4 heteroatoms. The van der Waals surface area contributed by atoms with Gasteiger partial charge in [-0.3, -0.25) is 4.79 Å². The Bertz CT molecular complexity index is 383. The minimum atomic E-state index is -0.793. The van der Waals surface area contributed by atoms with Gasteiger partial charge in [0.15, 0.2) is 0 Å². The van der Waals surface area contributed by atoms with E-state index >= 15 is 0 Å². The first-order valence-electron chi connectivity index (χ1n) is 8.54. The molecule has 2 aliphatic carbocycles. The molecular formula is C17H32N2O2. The Morgan fingerprint density at radius 1 is 1.29 bits per heavy atom. The fraction of sp³-hybridized carbons (Fsp3) is 0.941. The molecule has 0 saturated heterocycles. The summed E-state index contributed by atoms with van der Waals surface area (Å²) in [7, 11) is 0. The number of amides is 1. The summed E-state index contributed by atoms with van der Waals surface area (Å²) in [6.07, 6.45) is 6.76. The summed E-state index contributed by atoms with van der Waals surface area (Å²) in [5.74, 6) is 0.563. The van der Waals surface area contributed by atoms with Crippen molar-refractivity contribution in [2.24, 2.45) is 17.1 Å². The monoisotopic (exact) mass is 296 g/mol. The Hall–Kier alpha value is -0.610. The first-order valence-corrected chi connectivity index (χ1v) is 8.54. The van der Waals surface area contributed by atoms with E-state index in [0.29, 0.717) is 18.9 Å².